The number of aromatic nitrogens is 1. The molecule has 2 aromatic rings. The van der Waals surface area contributed by atoms with E-state index < -0.39 is 0 Å². The average Bonchev–Trinajstić information content (AvgIpc) is 2.75. The van der Waals surface area contributed by atoms with Crippen LogP contribution in [0.5, 0.6) is 0 Å². The van der Waals surface area contributed by atoms with Crippen LogP contribution in [0, 0.1) is 6.92 Å². The Labute approximate surface area is 105 Å². The molecule has 0 radical (unpaired) electrons. The molecule has 1 aromatic heterocycles. The maximum absolute atomic E-state index is 9.12. The number of hydrogen-bond acceptors (Lipinski definition) is 4. The van der Waals surface area contributed by atoms with Crippen molar-refractivity contribution in [1.29, 1.82) is 0 Å². The van der Waals surface area contributed by atoms with E-state index in [1.165, 1.54) is 0 Å². The third-order valence-electron chi connectivity index (χ3n) is 2.51. The predicted octanol–water partition coefficient (Wildman–Crippen LogP) is 2.45. The van der Waals surface area contributed by atoms with Gasteiger partial charge >= 0.3 is 0 Å². The second-order valence-corrected chi connectivity index (χ2v) is 4.90. The molecule has 1 heterocycles. The lowest BCUT2D eigenvalue weighted by atomic mass is 10.2. The van der Waals surface area contributed by atoms with Gasteiger partial charge in [-0.05, 0) is 19.1 Å². The molecule has 0 aliphatic carbocycles. The lowest BCUT2D eigenvalue weighted by Gasteiger charge is -2.22. The second-order valence-electron chi connectivity index (χ2n) is 3.84. The highest BCUT2D eigenvalue weighted by Crippen LogP contribution is 2.17. The fourth-order valence-electron chi connectivity index (χ4n) is 1.74. The zero-order valence-electron chi connectivity index (χ0n) is 9.84. The summed E-state index contributed by atoms with van der Waals surface area (Å²) in [5, 5.41) is 12.3. The van der Waals surface area contributed by atoms with Crippen LogP contribution in [-0.4, -0.2) is 23.2 Å². The van der Waals surface area contributed by atoms with Gasteiger partial charge in [0, 0.05) is 17.6 Å². The third kappa shape index (κ3) is 3.28. The summed E-state index contributed by atoms with van der Waals surface area (Å²) in [6.07, 6.45) is 0. The highest BCUT2D eigenvalue weighted by molar-refractivity contribution is 7.09. The van der Waals surface area contributed by atoms with E-state index in [2.05, 4.69) is 27.4 Å². The molecule has 2 rings (SSSR count). The van der Waals surface area contributed by atoms with Gasteiger partial charge in [0.05, 0.1) is 23.9 Å². The van der Waals surface area contributed by atoms with Crippen LogP contribution in [0.2, 0.25) is 0 Å². The number of nitrogens with zero attached hydrogens (tertiary/aromatic N) is 2. The fourth-order valence-corrected chi connectivity index (χ4v) is 2.34. The SMILES string of the molecule is Cc1nc(CN(CCO)c2ccccc2)cs1. The van der Waals surface area contributed by atoms with E-state index in [-0.39, 0.29) is 6.61 Å². The van der Waals surface area contributed by atoms with Crippen LogP contribution in [0.4, 0.5) is 5.69 Å². The first-order valence-electron chi connectivity index (χ1n) is 5.61. The molecule has 1 N–H and O–H groups in total. The molecule has 0 aliphatic rings. The van der Waals surface area contributed by atoms with Crippen molar-refractivity contribution in [3.8, 4) is 0 Å². The highest BCUT2D eigenvalue weighted by Gasteiger charge is 2.08. The molecule has 0 atom stereocenters. The lowest BCUT2D eigenvalue weighted by Crippen LogP contribution is -2.26. The van der Waals surface area contributed by atoms with Gasteiger partial charge in [-0.15, -0.1) is 11.3 Å². The smallest absolute Gasteiger partial charge is 0.0898 e. The summed E-state index contributed by atoms with van der Waals surface area (Å²) in [4.78, 5) is 6.59. The predicted molar refractivity (Wildman–Crippen MR) is 71.4 cm³/mol. The van der Waals surface area contributed by atoms with E-state index in [0.29, 0.717) is 6.54 Å². The third-order valence-corrected chi connectivity index (χ3v) is 3.33. The monoisotopic (exact) mass is 248 g/mol. The summed E-state index contributed by atoms with van der Waals surface area (Å²) < 4.78 is 0. The molecule has 3 nitrogen and oxygen atoms in total. The molecule has 0 unspecified atom stereocenters. The fraction of sp³-hybridized carbons (Fsp3) is 0.308. The first-order chi connectivity index (χ1) is 8.29. The van der Waals surface area contributed by atoms with Crippen molar-refractivity contribution in [1.82, 2.24) is 4.98 Å². The molecule has 4 heteroatoms. The summed E-state index contributed by atoms with van der Waals surface area (Å²) in [6.45, 7) is 3.53. The highest BCUT2D eigenvalue weighted by atomic mass is 32.1. The first-order valence-corrected chi connectivity index (χ1v) is 6.49. The minimum atomic E-state index is 0.151. The maximum atomic E-state index is 9.12. The van der Waals surface area contributed by atoms with Crippen molar-refractivity contribution in [2.75, 3.05) is 18.1 Å². The molecule has 1 aromatic carbocycles. The van der Waals surface area contributed by atoms with Crippen molar-refractivity contribution in [3.05, 3.63) is 46.4 Å². The number of anilines is 1. The van der Waals surface area contributed by atoms with Gasteiger partial charge in [-0.25, -0.2) is 4.98 Å². The van der Waals surface area contributed by atoms with E-state index in [9.17, 15) is 0 Å². The minimum Gasteiger partial charge on any atom is -0.395 e. The average molecular weight is 248 g/mol. The molecule has 0 bridgehead atoms. The number of aliphatic hydroxyl groups is 1. The van der Waals surface area contributed by atoms with E-state index in [4.69, 9.17) is 5.11 Å². The van der Waals surface area contributed by atoms with Gasteiger partial charge in [0.2, 0.25) is 0 Å². The molecule has 0 fully saturated rings. The minimum absolute atomic E-state index is 0.151. The Bertz CT molecular complexity index is 455. The summed E-state index contributed by atoms with van der Waals surface area (Å²) in [5.41, 5.74) is 2.18. The van der Waals surface area contributed by atoms with E-state index in [0.717, 1.165) is 22.9 Å². The van der Waals surface area contributed by atoms with Crippen LogP contribution in [0.15, 0.2) is 35.7 Å². The van der Waals surface area contributed by atoms with Gasteiger partial charge in [0.15, 0.2) is 0 Å². The van der Waals surface area contributed by atoms with Gasteiger partial charge in [-0.1, -0.05) is 18.2 Å². The van der Waals surface area contributed by atoms with E-state index >= 15 is 0 Å². The van der Waals surface area contributed by atoms with E-state index in [1.54, 1.807) is 11.3 Å². The summed E-state index contributed by atoms with van der Waals surface area (Å²) >= 11 is 1.66. The first kappa shape index (κ1) is 12.1. The Morgan fingerprint density at radius 1 is 1.29 bits per heavy atom. The van der Waals surface area contributed by atoms with Crippen LogP contribution in [0.3, 0.4) is 0 Å². The molecule has 0 spiro atoms. The van der Waals surface area contributed by atoms with Gasteiger partial charge < -0.3 is 10.0 Å². The van der Waals surface area contributed by atoms with Crippen LogP contribution in [0.25, 0.3) is 0 Å². The standard InChI is InChI=1S/C13H16N2OS/c1-11-14-12(10-17-11)9-15(7-8-16)13-5-3-2-4-6-13/h2-6,10,16H,7-9H2,1H3. The number of aliphatic hydroxyl groups excluding tert-OH is 1. The zero-order chi connectivity index (χ0) is 12.1. The number of benzene rings is 1. The van der Waals surface area contributed by atoms with Gasteiger partial charge in [-0.2, -0.15) is 0 Å². The Balaban J connectivity index is 2.13. The van der Waals surface area contributed by atoms with Crippen molar-refractivity contribution in [3.63, 3.8) is 0 Å². The Hall–Kier alpha value is -1.39. The van der Waals surface area contributed by atoms with Crippen molar-refractivity contribution in [2.45, 2.75) is 13.5 Å². The molecule has 0 saturated heterocycles. The van der Waals surface area contributed by atoms with Crippen LogP contribution in [0.1, 0.15) is 10.7 Å². The molecular formula is C13H16N2OS. The van der Waals surface area contributed by atoms with Crippen molar-refractivity contribution >= 4 is 17.0 Å². The van der Waals surface area contributed by atoms with Gasteiger partial charge in [-0.3, -0.25) is 0 Å². The number of aryl methyl sites for hydroxylation is 1. The molecule has 0 saturated carbocycles. The lowest BCUT2D eigenvalue weighted by molar-refractivity contribution is 0.301. The number of thiazole rings is 1. The molecule has 0 aliphatic heterocycles. The topological polar surface area (TPSA) is 36.4 Å². The molecule has 17 heavy (non-hydrogen) atoms. The number of para-hydroxylation sites is 1. The largest absolute Gasteiger partial charge is 0.395 e. The van der Waals surface area contributed by atoms with Crippen molar-refractivity contribution < 1.29 is 5.11 Å². The second kappa shape index (κ2) is 5.80. The van der Waals surface area contributed by atoms with Crippen LogP contribution >= 0.6 is 11.3 Å². The van der Waals surface area contributed by atoms with Crippen molar-refractivity contribution in [2.24, 2.45) is 0 Å². The molecule has 0 amide bonds. The maximum Gasteiger partial charge on any atom is 0.0898 e. The Morgan fingerprint density at radius 3 is 2.65 bits per heavy atom. The summed E-state index contributed by atoms with van der Waals surface area (Å²) in [7, 11) is 0. The quantitative estimate of drug-likeness (QED) is 0.883. The molecule has 90 valence electrons. The molecular weight excluding hydrogens is 232 g/mol. The number of hydrogen-bond donors (Lipinski definition) is 1. The number of rotatable bonds is 5. The Kier molecular flexibility index (Phi) is 4.12. The van der Waals surface area contributed by atoms with E-state index in [1.807, 2.05) is 25.1 Å². The van der Waals surface area contributed by atoms with Gasteiger partial charge in [0.25, 0.3) is 0 Å². The zero-order valence-corrected chi connectivity index (χ0v) is 10.7. The van der Waals surface area contributed by atoms with Crippen LogP contribution in [-0.2, 0) is 6.54 Å². The van der Waals surface area contributed by atoms with Crippen LogP contribution < -0.4 is 4.90 Å². The van der Waals surface area contributed by atoms with Gasteiger partial charge in [0.1, 0.15) is 0 Å². The Morgan fingerprint density at radius 2 is 2.06 bits per heavy atom. The summed E-state index contributed by atoms with van der Waals surface area (Å²) in [5.74, 6) is 0. The normalized spacial score (nSPS) is 10.5. The summed E-state index contributed by atoms with van der Waals surface area (Å²) in [6, 6.07) is 10.1.